The van der Waals surface area contributed by atoms with Gasteiger partial charge in [-0.05, 0) is 67.2 Å². The number of benzene rings is 1. The predicted octanol–water partition coefficient (Wildman–Crippen LogP) is 6.81. The molecule has 0 bridgehead atoms. The molecule has 2 aromatic rings. The highest BCUT2D eigenvalue weighted by Gasteiger charge is 2.42. The van der Waals surface area contributed by atoms with Crippen molar-refractivity contribution in [1.29, 1.82) is 0 Å². The summed E-state index contributed by atoms with van der Waals surface area (Å²) in [6.07, 6.45) is 1.55. The lowest BCUT2D eigenvalue weighted by Crippen LogP contribution is -2.39. The lowest BCUT2D eigenvalue weighted by atomic mass is 9.94. The van der Waals surface area contributed by atoms with Gasteiger partial charge in [0.2, 0.25) is 0 Å². The third kappa shape index (κ3) is 5.57. The van der Waals surface area contributed by atoms with Crippen molar-refractivity contribution in [2.24, 2.45) is 0 Å². The van der Waals surface area contributed by atoms with Gasteiger partial charge in [0.25, 0.3) is 0 Å². The maximum absolute atomic E-state index is 13.4. The van der Waals surface area contributed by atoms with Gasteiger partial charge in [0.05, 0.1) is 24.3 Å². The van der Waals surface area contributed by atoms with Gasteiger partial charge in [-0.1, -0.05) is 30.9 Å². The van der Waals surface area contributed by atoms with Gasteiger partial charge in [-0.2, -0.15) is 13.2 Å². The number of cyclic esters (lactones) is 1. The summed E-state index contributed by atoms with van der Waals surface area (Å²) in [5.41, 5.74) is 0.679. The van der Waals surface area contributed by atoms with Crippen molar-refractivity contribution in [1.82, 2.24) is 14.9 Å². The molecule has 35 heavy (non-hydrogen) atoms. The second kappa shape index (κ2) is 10.3. The predicted molar refractivity (Wildman–Crippen MR) is 130 cm³/mol. The Balaban J connectivity index is 1.61. The molecule has 6 nitrogen and oxygen atoms in total. The second-order valence-electron chi connectivity index (χ2n) is 9.34. The average molecular weight is 555 g/mol. The van der Waals surface area contributed by atoms with E-state index in [4.69, 9.17) is 4.74 Å². The zero-order valence-corrected chi connectivity index (χ0v) is 21.7. The molecule has 2 atom stereocenters. The van der Waals surface area contributed by atoms with Crippen LogP contribution in [0.1, 0.15) is 74.4 Å². The second-order valence-corrected chi connectivity index (χ2v) is 10.2. The zero-order chi connectivity index (χ0) is 25.3. The van der Waals surface area contributed by atoms with E-state index >= 15 is 0 Å². The van der Waals surface area contributed by atoms with Gasteiger partial charge in [0, 0.05) is 12.6 Å². The summed E-state index contributed by atoms with van der Waals surface area (Å²) in [6.45, 7) is 6.39. The average Bonchev–Trinajstić information content (AvgIpc) is 3.09. The number of aromatic nitrogens is 2. The van der Waals surface area contributed by atoms with Crippen LogP contribution >= 0.6 is 15.9 Å². The molecule has 1 amide bonds. The van der Waals surface area contributed by atoms with Crippen LogP contribution in [-0.2, 0) is 17.5 Å². The molecule has 4 rings (SSSR count). The van der Waals surface area contributed by atoms with Crippen LogP contribution in [0.25, 0.3) is 0 Å². The summed E-state index contributed by atoms with van der Waals surface area (Å²) in [6, 6.07) is 3.68. The van der Waals surface area contributed by atoms with E-state index < -0.39 is 30.0 Å². The summed E-state index contributed by atoms with van der Waals surface area (Å²) in [7, 11) is 0. The fraction of sp³-hybridized carbons (Fsp3) is 0.560. The molecule has 0 N–H and O–H groups in total. The number of nitrogens with zero attached hydrogens (tertiary/aromatic N) is 4. The number of aryl methyl sites for hydroxylation is 1. The van der Waals surface area contributed by atoms with Crippen molar-refractivity contribution in [3.63, 3.8) is 0 Å². The number of carbonyl (C=O) groups excluding carboxylic acids is 1. The van der Waals surface area contributed by atoms with Gasteiger partial charge in [0.15, 0.2) is 5.82 Å². The quantitative estimate of drug-likeness (QED) is 0.392. The van der Waals surface area contributed by atoms with E-state index in [0.717, 1.165) is 37.3 Å². The Kier molecular flexibility index (Phi) is 7.59. The van der Waals surface area contributed by atoms with Crippen LogP contribution in [-0.4, -0.2) is 39.6 Å². The first-order chi connectivity index (χ1) is 16.6. The van der Waals surface area contributed by atoms with Crippen molar-refractivity contribution in [2.45, 2.75) is 83.8 Å². The van der Waals surface area contributed by atoms with Gasteiger partial charge < -0.3 is 9.64 Å². The number of ether oxygens (including phenoxy) is 1. The van der Waals surface area contributed by atoms with Crippen LogP contribution in [0.15, 0.2) is 29.0 Å². The molecule has 1 aromatic carbocycles. The molecule has 1 aromatic heterocycles. The summed E-state index contributed by atoms with van der Waals surface area (Å²) >= 11 is 3.39. The van der Waals surface area contributed by atoms with E-state index in [-0.39, 0.29) is 6.54 Å². The highest BCUT2D eigenvalue weighted by atomic mass is 79.9. The molecular formula is C25H30BrF3N4O2. The van der Waals surface area contributed by atoms with Crippen LogP contribution in [0.3, 0.4) is 0 Å². The Bertz CT molecular complexity index is 1080. The summed E-state index contributed by atoms with van der Waals surface area (Å²) < 4.78 is 46.3. The topological polar surface area (TPSA) is 58.6 Å². The fourth-order valence-corrected chi connectivity index (χ4v) is 5.49. The van der Waals surface area contributed by atoms with Crippen LogP contribution in [0.5, 0.6) is 0 Å². The minimum Gasteiger partial charge on any atom is -0.439 e. The molecule has 10 heteroatoms. The Hall–Kier alpha value is -2.36. The molecule has 0 radical (unpaired) electrons. The van der Waals surface area contributed by atoms with Crippen molar-refractivity contribution in [3.8, 4) is 0 Å². The standard InChI is InChI=1S/C25H30BrF3N4O2/c1-4-32(19-8-6-5-7-9-19)23-20(31-21(26)13-30-23)14-33-16(3)22(35-24(33)34)17-10-15(2)11-18(12-17)25(27,28)29/h10-13,16,19,22H,4-9,14H2,1-3H3/t16-,22-/m0/s1. The molecule has 2 aliphatic rings. The third-order valence-electron chi connectivity index (χ3n) is 6.89. The minimum atomic E-state index is -4.48. The first-order valence-corrected chi connectivity index (χ1v) is 12.8. The third-order valence-corrected chi connectivity index (χ3v) is 7.27. The van der Waals surface area contributed by atoms with Gasteiger partial charge in [-0.15, -0.1) is 0 Å². The Morgan fingerprint density at radius 2 is 1.91 bits per heavy atom. The summed E-state index contributed by atoms with van der Waals surface area (Å²) in [5.74, 6) is 0.737. The van der Waals surface area contributed by atoms with Gasteiger partial charge in [-0.25, -0.2) is 14.8 Å². The smallest absolute Gasteiger partial charge is 0.416 e. The highest BCUT2D eigenvalue weighted by molar-refractivity contribution is 9.10. The SMILES string of the molecule is CCN(c1ncc(Br)nc1CN1C(=O)O[C@H](c2cc(C)cc(C(F)(F)F)c2)[C@@H]1C)C1CCCCC1. The van der Waals surface area contributed by atoms with Gasteiger partial charge in [0.1, 0.15) is 16.4 Å². The number of alkyl halides is 3. The summed E-state index contributed by atoms with van der Waals surface area (Å²) in [4.78, 5) is 26.0. The molecule has 1 aliphatic carbocycles. The molecule has 190 valence electrons. The molecular weight excluding hydrogens is 525 g/mol. The molecule has 1 saturated heterocycles. The first-order valence-electron chi connectivity index (χ1n) is 12.0. The Labute approximate surface area is 212 Å². The molecule has 0 unspecified atom stereocenters. The zero-order valence-electron chi connectivity index (χ0n) is 20.1. The van der Waals surface area contributed by atoms with Crippen LogP contribution in [0.4, 0.5) is 23.8 Å². The van der Waals surface area contributed by atoms with Crippen LogP contribution in [0.2, 0.25) is 0 Å². The monoisotopic (exact) mass is 554 g/mol. The maximum Gasteiger partial charge on any atom is 0.416 e. The lowest BCUT2D eigenvalue weighted by molar-refractivity contribution is -0.137. The number of amides is 1. The summed E-state index contributed by atoms with van der Waals surface area (Å²) in [5, 5.41) is 0. The van der Waals surface area contributed by atoms with Crippen molar-refractivity contribution >= 4 is 27.8 Å². The lowest BCUT2D eigenvalue weighted by Gasteiger charge is -2.35. The van der Waals surface area contributed by atoms with E-state index in [1.54, 1.807) is 26.1 Å². The first kappa shape index (κ1) is 25.7. The Morgan fingerprint density at radius 3 is 2.57 bits per heavy atom. The van der Waals surface area contributed by atoms with Crippen molar-refractivity contribution in [3.05, 3.63) is 51.4 Å². The van der Waals surface area contributed by atoms with Crippen molar-refractivity contribution < 1.29 is 22.7 Å². The van der Waals surface area contributed by atoms with Gasteiger partial charge in [-0.3, -0.25) is 4.90 Å². The largest absolute Gasteiger partial charge is 0.439 e. The number of rotatable bonds is 6. The normalized spacial score (nSPS) is 21.3. The highest BCUT2D eigenvalue weighted by Crippen LogP contribution is 2.38. The fourth-order valence-electron chi connectivity index (χ4n) is 5.18. The maximum atomic E-state index is 13.4. The van der Waals surface area contributed by atoms with Crippen LogP contribution in [0, 0.1) is 6.92 Å². The number of halogens is 4. The molecule has 0 spiro atoms. The number of hydrogen-bond acceptors (Lipinski definition) is 5. The van der Waals surface area contributed by atoms with Crippen LogP contribution < -0.4 is 4.90 Å². The number of anilines is 1. The van der Waals surface area contributed by atoms with Crippen molar-refractivity contribution in [2.75, 3.05) is 11.4 Å². The van der Waals surface area contributed by atoms with Gasteiger partial charge >= 0.3 is 12.3 Å². The number of carbonyl (C=O) groups is 1. The molecule has 1 saturated carbocycles. The Morgan fingerprint density at radius 1 is 1.20 bits per heavy atom. The minimum absolute atomic E-state index is 0.152. The van der Waals surface area contributed by atoms with E-state index in [9.17, 15) is 18.0 Å². The van der Waals surface area contributed by atoms with E-state index in [2.05, 4.69) is 37.7 Å². The number of hydrogen-bond donors (Lipinski definition) is 0. The molecule has 2 fully saturated rings. The van der Waals surface area contributed by atoms with E-state index in [1.165, 1.54) is 24.2 Å². The van der Waals surface area contributed by atoms with E-state index in [1.807, 2.05) is 0 Å². The van der Waals surface area contributed by atoms with E-state index in [0.29, 0.717) is 27.5 Å². The molecule has 2 heterocycles. The molecule has 1 aliphatic heterocycles.